The van der Waals surface area contributed by atoms with Gasteiger partial charge in [0, 0.05) is 5.02 Å². The van der Waals surface area contributed by atoms with Crippen LogP contribution in [0.5, 0.6) is 0 Å². The SMILES string of the molecule is O=C(NC1(c2cccc(Cl)c2)CC1)c1c(F)cccc1Cl. The molecule has 1 N–H and O–H groups in total. The average molecular weight is 324 g/mol. The van der Waals surface area contributed by atoms with E-state index in [9.17, 15) is 9.18 Å². The summed E-state index contributed by atoms with van der Waals surface area (Å²) < 4.78 is 13.8. The highest BCUT2D eigenvalue weighted by molar-refractivity contribution is 6.33. The van der Waals surface area contributed by atoms with Gasteiger partial charge in [0.15, 0.2) is 0 Å². The summed E-state index contributed by atoms with van der Waals surface area (Å²) in [7, 11) is 0. The maximum atomic E-state index is 13.8. The molecule has 0 spiro atoms. The summed E-state index contributed by atoms with van der Waals surface area (Å²) in [5.41, 5.74) is 0.344. The van der Waals surface area contributed by atoms with Crippen molar-refractivity contribution in [2.45, 2.75) is 18.4 Å². The molecule has 3 rings (SSSR count). The van der Waals surface area contributed by atoms with E-state index in [-0.39, 0.29) is 10.6 Å². The predicted molar refractivity (Wildman–Crippen MR) is 81.2 cm³/mol. The lowest BCUT2D eigenvalue weighted by molar-refractivity contribution is 0.0927. The molecule has 1 aliphatic rings. The van der Waals surface area contributed by atoms with E-state index >= 15 is 0 Å². The molecule has 2 aromatic rings. The van der Waals surface area contributed by atoms with Gasteiger partial charge >= 0.3 is 0 Å². The first kappa shape index (κ1) is 14.4. The smallest absolute Gasteiger partial charge is 0.256 e. The van der Waals surface area contributed by atoms with Crippen LogP contribution in [0.25, 0.3) is 0 Å². The van der Waals surface area contributed by atoms with Crippen LogP contribution in [0.1, 0.15) is 28.8 Å². The zero-order chi connectivity index (χ0) is 15.0. The standard InChI is InChI=1S/C16H12Cl2FNO/c17-11-4-1-3-10(9-11)16(7-8-16)20-15(21)14-12(18)5-2-6-13(14)19/h1-6,9H,7-8H2,(H,20,21). The second-order valence-electron chi connectivity index (χ2n) is 5.14. The minimum Gasteiger partial charge on any atom is -0.342 e. The summed E-state index contributed by atoms with van der Waals surface area (Å²) >= 11 is 11.9. The Morgan fingerprint density at radius 3 is 2.48 bits per heavy atom. The van der Waals surface area contributed by atoms with Gasteiger partial charge in [-0.25, -0.2) is 4.39 Å². The van der Waals surface area contributed by atoms with E-state index in [1.807, 2.05) is 18.2 Å². The third-order valence-electron chi connectivity index (χ3n) is 3.67. The van der Waals surface area contributed by atoms with Crippen molar-refractivity contribution in [3.05, 3.63) is 69.5 Å². The molecule has 0 atom stereocenters. The van der Waals surface area contributed by atoms with Crippen LogP contribution in [0, 0.1) is 5.82 Å². The lowest BCUT2D eigenvalue weighted by atomic mass is 10.0. The summed E-state index contributed by atoms with van der Waals surface area (Å²) in [4.78, 5) is 12.3. The summed E-state index contributed by atoms with van der Waals surface area (Å²) in [5.74, 6) is -1.13. The zero-order valence-corrected chi connectivity index (χ0v) is 12.5. The average Bonchev–Trinajstić information content (AvgIpc) is 3.19. The number of carbonyl (C=O) groups excluding carboxylic acids is 1. The van der Waals surface area contributed by atoms with E-state index in [1.165, 1.54) is 18.2 Å². The van der Waals surface area contributed by atoms with Crippen LogP contribution in [0.2, 0.25) is 10.0 Å². The molecule has 0 aliphatic heterocycles. The third-order valence-corrected chi connectivity index (χ3v) is 4.22. The molecule has 5 heteroatoms. The number of benzene rings is 2. The molecule has 0 radical (unpaired) electrons. The molecule has 0 bridgehead atoms. The number of hydrogen-bond donors (Lipinski definition) is 1. The zero-order valence-electron chi connectivity index (χ0n) is 11.0. The molecular formula is C16H12Cl2FNO. The molecule has 0 unspecified atom stereocenters. The monoisotopic (exact) mass is 323 g/mol. The summed E-state index contributed by atoms with van der Waals surface area (Å²) in [6.45, 7) is 0. The lowest BCUT2D eigenvalue weighted by Gasteiger charge is -2.19. The van der Waals surface area contributed by atoms with Crippen LogP contribution in [-0.2, 0) is 5.54 Å². The largest absolute Gasteiger partial charge is 0.342 e. The van der Waals surface area contributed by atoms with Crippen LogP contribution < -0.4 is 5.32 Å². The third kappa shape index (κ3) is 2.76. The Balaban J connectivity index is 1.88. The first-order valence-electron chi connectivity index (χ1n) is 6.54. The van der Waals surface area contributed by atoms with E-state index in [1.54, 1.807) is 6.07 Å². The lowest BCUT2D eigenvalue weighted by Crippen LogP contribution is -2.35. The van der Waals surface area contributed by atoms with Crippen LogP contribution >= 0.6 is 23.2 Å². The summed E-state index contributed by atoms with van der Waals surface area (Å²) in [5, 5.41) is 3.60. The Hall–Kier alpha value is -1.58. The van der Waals surface area contributed by atoms with Gasteiger partial charge < -0.3 is 5.32 Å². The molecule has 1 saturated carbocycles. The number of nitrogens with one attached hydrogen (secondary N) is 1. The van der Waals surface area contributed by atoms with Crippen molar-refractivity contribution < 1.29 is 9.18 Å². The van der Waals surface area contributed by atoms with E-state index in [4.69, 9.17) is 23.2 Å². The van der Waals surface area contributed by atoms with Gasteiger partial charge in [0.1, 0.15) is 5.82 Å². The number of halogens is 3. The maximum Gasteiger partial charge on any atom is 0.256 e. The van der Waals surface area contributed by atoms with Crippen LogP contribution in [0.3, 0.4) is 0 Å². The van der Waals surface area contributed by atoms with Gasteiger partial charge in [-0.1, -0.05) is 41.4 Å². The topological polar surface area (TPSA) is 29.1 Å². The molecule has 0 saturated heterocycles. The molecule has 1 aliphatic carbocycles. The predicted octanol–water partition coefficient (Wildman–Crippen LogP) is 4.55. The minimum absolute atomic E-state index is 0.106. The number of amides is 1. The van der Waals surface area contributed by atoms with Gasteiger partial charge in [0.05, 0.1) is 16.1 Å². The second kappa shape index (κ2) is 5.32. The molecule has 0 heterocycles. The normalized spacial score (nSPS) is 15.6. The van der Waals surface area contributed by atoms with E-state index < -0.39 is 17.3 Å². The number of hydrogen-bond acceptors (Lipinski definition) is 1. The fourth-order valence-corrected chi connectivity index (χ4v) is 2.83. The van der Waals surface area contributed by atoms with Gasteiger partial charge in [-0.15, -0.1) is 0 Å². The van der Waals surface area contributed by atoms with E-state index in [0.29, 0.717) is 5.02 Å². The van der Waals surface area contributed by atoms with Gasteiger partial charge in [0.2, 0.25) is 0 Å². The minimum atomic E-state index is -0.623. The van der Waals surface area contributed by atoms with Crippen molar-refractivity contribution in [1.82, 2.24) is 5.32 Å². The Morgan fingerprint density at radius 1 is 1.14 bits per heavy atom. The van der Waals surface area contributed by atoms with Crippen LogP contribution in [0.4, 0.5) is 4.39 Å². The van der Waals surface area contributed by atoms with Crippen LogP contribution in [0.15, 0.2) is 42.5 Å². The molecule has 0 aromatic heterocycles. The van der Waals surface area contributed by atoms with Crippen molar-refractivity contribution in [3.8, 4) is 0 Å². The Kier molecular flexibility index (Phi) is 3.64. The Morgan fingerprint density at radius 2 is 1.86 bits per heavy atom. The van der Waals surface area contributed by atoms with E-state index in [2.05, 4.69) is 5.32 Å². The highest BCUT2D eigenvalue weighted by Crippen LogP contribution is 2.46. The highest BCUT2D eigenvalue weighted by atomic mass is 35.5. The first-order valence-corrected chi connectivity index (χ1v) is 7.30. The van der Waals surface area contributed by atoms with Crippen molar-refractivity contribution >= 4 is 29.1 Å². The van der Waals surface area contributed by atoms with Gasteiger partial charge in [-0.2, -0.15) is 0 Å². The van der Waals surface area contributed by atoms with Crippen molar-refractivity contribution in [2.75, 3.05) is 0 Å². The molecule has 21 heavy (non-hydrogen) atoms. The molecule has 108 valence electrons. The van der Waals surface area contributed by atoms with Crippen LogP contribution in [-0.4, -0.2) is 5.91 Å². The van der Waals surface area contributed by atoms with Crippen molar-refractivity contribution in [3.63, 3.8) is 0 Å². The number of rotatable bonds is 3. The fourth-order valence-electron chi connectivity index (χ4n) is 2.39. The van der Waals surface area contributed by atoms with Crippen molar-refractivity contribution in [2.24, 2.45) is 0 Å². The quantitative estimate of drug-likeness (QED) is 0.881. The first-order chi connectivity index (χ1) is 10.0. The van der Waals surface area contributed by atoms with Gasteiger partial charge in [-0.3, -0.25) is 4.79 Å². The van der Waals surface area contributed by atoms with Gasteiger partial charge in [0.25, 0.3) is 5.91 Å². The van der Waals surface area contributed by atoms with E-state index in [0.717, 1.165) is 18.4 Å². The van der Waals surface area contributed by atoms with Crippen molar-refractivity contribution in [1.29, 1.82) is 0 Å². The Labute approximate surface area is 131 Å². The Bertz CT molecular complexity index is 693. The molecule has 1 fully saturated rings. The number of carbonyl (C=O) groups is 1. The second-order valence-corrected chi connectivity index (χ2v) is 5.99. The van der Waals surface area contributed by atoms with Gasteiger partial charge in [-0.05, 0) is 42.7 Å². The molecule has 2 aromatic carbocycles. The summed E-state index contributed by atoms with van der Waals surface area (Å²) in [6.07, 6.45) is 1.59. The summed E-state index contributed by atoms with van der Waals surface area (Å²) in [6, 6.07) is 11.5. The maximum absolute atomic E-state index is 13.8. The fraction of sp³-hybridized carbons (Fsp3) is 0.188. The molecular weight excluding hydrogens is 312 g/mol. The highest BCUT2D eigenvalue weighted by Gasteiger charge is 2.46. The molecule has 1 amide bonds. The molecule has 2 nitrogen and oxygen atoms in total.